The molecule has 1 amide bonds. The zero-order valence-corrected chi connectivity index (χ0v) is 20.4. The highest BCUT2D eigenvalue weighted by Crippen LogP contribution is 2.31. The van der Waals surface area contributed by atoms with E-state index in [0.29, 0.717) is 22.8 Å². The summed E-state index contributed by atoms with van der Waals surface area (Å²) in [6.45, 7) is 2.21. The molecule has 0 aliphatic rings. The van der Waals surface area contributed by atoms with Gasteiger partial charge in [-0.15, -0.1) is 11.3 Å². The summed E-state index contributed by atoms with van der Waals surface area (Å²) in [6, 6.07) is 23.6. The molecule has 0 fully saturated rings. The van der Waals surface area contributed by atoms with Crippen molar-refractivity contribution in [1.29, 1.82) is 0 Å². The predicted molar refractivity (Wildman–Crippen MR) is 139 cm³/mol. The van der Waals surface area contributed by atoms with Crippen LogP contribution in [0.3, 0.4) is 0 Å². The van der Waals surface area contributed by atoms with Crippen molar-refractivity contribution in [3.63, 3.8) is 0 Å². The lowest BCUT2D eigenvalue weighted by atomic mass is 10.2. The van der Waals surface area contributed by atoms with Crippen molar-refractivity contribution in [2.75, 3.05) is 12.4 Å². The number of benzene rings is 3. The van der Waals surface area contributed by atoms with Gasteiger partial charge >= 0.3 is 5.97 Å². The molecule has 36 heavy (non-hydrogen) atoms. The lowest BCUT2D eigenvalue weighted by Gasteiger charge is -2.06. The van der Waals surface area contributed by atoms with Crippen LogP contribution in [0.15, 0.2) is 83.3 Å². The Balaban J connectivity index is 1.19. The SMILES string of the molecule is COC(=O)c1ccc(OCc2ccc(C(=O)Nc3ccc(-c4nc5ccc(C)cc5s4)cc3)o2)cc1. The highest BCUT2D eigenvalue weighted by atomic mass is 32.1. The molecular weight excluding hydrogens is 476 g/mol. The number of amides is 1. The summed E-state index contributed by atoms with van der Waals surface area (Å²) >= 11 is 1.64. The number of ether oxygens (including phenoxy) is 2. The molecule has 0 bridgehead atoms. The van der Waals surface area contributed by atoms with Crippen LogP contribution in [0.25, 0.3) is 20.8 Å². The van der Waals surface area contributed by atoms with Crippen molar-refractivity contribution in [2.24, 2.45) is 0 Å². The Morgan fingerprint density at radius 1 is 0.972 bits per heavy atom. The number of esters is 1. The Bertz CT molecular complexity index is 1530. The summed E-state index contributed by atoms with van der Waals surface area (Å²) < 4.78 is 17.1. The van der Waals surface area contributed by atoms with Gasteiger partial charge < -0.3 is 19.2 Å². The molecule has 0 saturated heterocycles. The average molecular weight is 499 g/mol. The van der Waals surface area contributed by atoms with E-state index < -0.39 is 5.97 Å². The number of nitrogens with one attached hydrogen (secondary N) is 1. The molecule has 1 N–H and O–H groups in total. The third kappa shape index (κ3) is 5.13. The van der Waals surface area contributed by atoms with Crippen LogP contribution in [0.5, 0.6) is 5.75 Å². The van der Waals surface area contributed by atoms with Gasteiger partial charge in [0, 0.05) is 11.3 Å². The molecule has 0 atom stereocenters. The number of methoxy groups -OCH3 is 1. The van der Waals surface area contributed by atoms with Crippen LogP contribution in [0.1, 0.15) is 32.2 Å². The van der Waals surface area contributed by atoms with E-state index in [4.69, 9.17) is 14.1 Å². The summed E-state index contributed by atoms with van der Waals surface area (Å²) in [7, 11) is 1.33. The highest BCUT2D eigenvalue weighted by molar-refractivity contribution is 7.21. The van der Waals surface area contributed by atoms with Crippen LogP contribution >= 0.6 is 11.3 Å². The molecule has 0 saturated carbocycles. The minimum atomic E-state index is -0.412. The van der Waals surface area contributed by atoms with Gasteiger partial charge in [-0.3, -0.25) is 4.79 Å². The average Bonchev–Trinajstić information content (AvgIpc) is 3.55. The maximum absolute atomic E-state index is 12.6. The van der Waals surface area contributed by atoms with E-state index in [9.17, 15) is 9.59 Å². The number of aromatic nitrogens is 1. The molecule has 180 valence electrons. The van der Waals surface area contributed by atoms with Crippen molar-refractivity contribution in [3.05, 3.63) is 102 Å². The molecule has 0 unspecified atom stereocenters. The fraction of sp³-hybridized carbons (Fsp3) is 0.107. The minimum absolute atomic E-state index is 0.140. The van der Waals surface area contributed by atoms with Crippen LogP contribution in [0, 0.1) is 6.92 Å². The van der Waals surface area contributed by atoms with Crippen molar-refractivity contribution < 1.29 is 23.5 Å². The van der Waals surface area contributed by atoms with E-state index in [1.54, 1.807) is 47.7 Å². The second-order valence-electron chi connectivity index (χ2n) is 8.09. The summed E-state index contributed by atoms with van der Waals surface area (Å²) in [5.74, 6) is 0.476. The smallest absolute Gasteiger partial charge is 0.337 e. The molecule has 5 aromatic rings. The van der Waals surface area contributed by atoms with E-state index in [0.717, 1.165) is 20.8 Å². The Morgan fingerprint density at radius 3 is 2.50 bits per heavy atom. The normalized spacial score (nSPS) is 10.8. The zero-order valence-electron chi connectivity index (χ0n) is 19.6. The monoisotopic (exact) mass is 498 g/mol. The van der Waals surface area contributed by atoms with Crippen molar-refractivity contribution in [1.82, 2.24) is 4.98 Å². The largest absolute Gasteiger partial charge is 0.486 e. The Kier molecular flexibility index (Phi) is 6.51. The molecule has 0 aliphatic carbocycles. The summed E-state index contributed by atoms with van der Waals surface area (Å²) in [4.78, 5) is 28.8. The highest BCUT2D eigenvalue weighted by Gasteiger charge is 2.13. The summed E-state index contributed by atoms with van der Waals surface area (Å²) in [6.07, 6.45) is 0. The third-order valence-electron chi connectivity index (χ3n) is 5.48. The van der Waals surface area contributed by atoms with Crippen LogP contribution in [0.2, 0.25) is 0 Å². The Labute approximate surface area is 211 Å². The zero-order chi connectivity index (χ0) is 25.1. The number of carbonyl (C=O) groups is 2. The third-order valence-corrected chi connectivity index (χ3v) is 6.54. The van der Waals surface area contributed by atoms with Crippen LogP contribution in [0.4, 0.5) is 5.69 Å². The first-order chi connectivity index (χ1) is 17.5. The Morgan fingerprint density at radius 2 is 1.75 bits per heavy atom. The first-order valence-electron chi connectivity index (χ1n) is 11.2. The number of carbonyl (C=O) groups excluding carboxylic acids is 2. The predicted octanol–water partition coefficient (Wildman–Crippen LogP) is 6.48. The van der Waals surface area contributed by atoms with Crippen molar-refractivity contribution in [3.8, 4) is 16.3 Å². The van der Waals surface area contributed by atoms with Gasteiger partial charge in [0.25, 0.3) is 5.91 Å². The maximum atomic E-state index is 12.6. The van der Waals surface area contributed by atoms with Crippen LogP contribution in [-0.2, 0) is 11.3 Å². The van der Waals surface area contributed by atoms with E-state index in [2.05, 4.69) is 29.1 Å². The second kappa shape index (κ2) is 10.1. The molecule has 2 aromatic heterocycles. The number of anilines is 1. The maximum Gasteiger partial charge on any atom is 0.337 e. The number of furan rings is 1. The van der Waals surface area contributed by atoms with Crippen molar-refractivity contribution >= 4 is 39.1 Å². The first-order valence-corrected chi connectivity index (χ1v) is 12.0. The topological polar surface area (TPSA) is 90.7 Å². The number of thiazole rings is 1. The van der Waals surface area contributed by atoms with Crippen LogP contribution < -0.4 is 10.1 Å². The van der Waals surface area contributed by atoms with Gasteiger partial charge in [-0.1, -0.05) is 6.07 Å². The van der Waals surface area contributed by atoms with Gasteiger partial charge in [-0.05, 0) is 85.3 Å². The summed E-state index contributed by atoms with van der Waals surface area (Å²) in [5.41, 5.74) is 4.26. The number of rotatable bonds is 7. The van der Waals surface area contributed by atoms with Gasteiger partial charge in [-0.25, -0.2) is 9.78 Å². The molecule has 8 heteroatoms. The number of aryl methyl sites for hydroxylation is 1. The van der Waals surface area contributed by atoms with Gasteiger partial charge in [-0.2, -0.15) is 0 Å². The second-order valence-corrected chi connectivity index (χ2v) is 9.12. The van der Waals surface area contributed by atoms with Crippen molar-refractivity contribution in [2.45, 2.75) is 13.5 Å². The number of hydrogen-bond donors (Lipinski definition) is 1. The minimum Gasteiger partial charge on any atom is -0.486 e. The summed E-state index contributed by atoms with van der Waals surface area (Å²) in [5, 5.41) is 3.78. The van der Waals surface area contributed by atoms with Gasteiger partial charge in [0.2, 0.25) is 0 Å². The fourth-order valence-corrected chi connectivity index (χ4v) is 4.65. The molecule has 5 rings (SSSR count). The van der Waals surface area contributed by atoms with E-state index in [1.807, 2.05) is 30.3 Å². The number of hydrogen-bond acceptors (Lipinski definition) is 7. The molecule has 0 radical (unpaired) electrons. The first kappa shape index (κ1) is 23.3. The van der Waals surface area contributed by atoms with Crippen LogP contribution in [-0.4, -0.2) is 24.0 Å². The number of fused-ring (bicyclic) bond motifs is 1. The van der Waals surface area contributed by atoms with E-state index in [-0.39, 0.29) is 18.3 Å². The molecular formula is C28H22N2O5S. The Hall–Kier alpha value is -4.43. The fourth-order valence-electron chi connectivity index (χ4n) is 3.58. The molecule has 3 aromatic carbocycles. The molecule has 0 spiro atoms. The van der Waals surface area contributed by atoms with E-state index >= 15 is 0 Å². The lowest BCUT2D eigenvalue weighted by molar-refractivity contribution is 0.0600. The lowest BCUT2D eigenvalue weighted by Crippen LogP contribution is -2.10. The quantitative estimate of drug-likeness (QED) is 0.258. The molecule has 7 nitrogen and oxygen atoms in total. The van der Waals surface area contributed by atoms with E-state index in [1.165, 1.54) is 12.7 Å². The van der Waals surface area contributed by atoms with Gasteiger partial charge in [0.1, 0.15) is 23.1 Å². The molecule has 0 aliphatic heterocycles. The van der Waals surface area contributed by atoms with Gasteiger partial charge in [0.15, 0.2) is 5.76 Å². The standard InChI is InChI=1S/C28H22N2O5S/c1-17-3-13-23-25(15-17)36-27(30-23)18-4-8-20(9-5-18)29-26(31)24-14-12-22(35-24)16-34-21-10-6-19(7-11-21)28(32)33-2/h3-15H,16H2,1-2H3,(H,29,31). The van der Waals surface area contributed by atoms with Gasteiger partial charge in [0.05, 0.1) is 22.9 Å². The number of nitrogens with zero attached hydrogens (tertiary/aromatic N) is 1. The molecule has 2 heterocycles.